The molecule has 1 amide bonds. The van der Waals surface area contributed by atoms with Crippen LogP contribution in [0.5, 0.6) is 0 Å². The van der Waals surface area contributed by atoms with Crippen molar-refractivity contribution in [2.24, 2.45) is 29.4 Å². The number of hydrogen-bond donors (Lipinski definition) is 2. The fraction of sp³-hybridized carbons (Fsp3) is 0.889. The fourth-order valence-electron chi connectivity index (χ4n) is 0.978. The molecule has 0 aromatic rings. The standard InChI is InChI=1S/C9H18O.C5H12O.C4H9NO.Y.H2/c1-7(2)5-6-9(10)8(3)4;1-5(2)3-4-6;1-3(2)4(5)6;;/h7-8H,5-6H2,1-4H3;5-6H,3-4H2,1-2H3;3H,1-2H3,(H2,5,6);;1H. The second kappa shape index (κ2) is 20.2. The zero-order valence-corrected chi connectivity index (χ0v) is 19.4. The Balaban J connectivity index is -0.0000000759. The van der Waals surface area contributed by atoms with E-state index in [2.05, 4.69) is 27.7 Å². The smallest absolute Gasteiger partial charge is 0.219 e. The average molecular weight is 408 g/mol. The van der Waals surface area contributed by atoms with Crippen LogP contribution in [-0.4, -0.2) is 23.4 Å². The summed E-state index contributed by atoms with van der Waals surface area (Å²) in [6.45, 7) is 16.3. The van der Waals surface area contributed by atoms with Crippen molar-refractivity contribution in [3.8, 4) is 0 Å². The van der Waals surface area contributed by atoms with Crippen LogP contribution in [-0.2, 0) is 42.3 Å². The molecular weight excluding hydrogens is 367 g/mol. The summed E-state index contributed by atoms with van der Waals surface area (Å²) in [5.74, 6) is 1.67. The minimum Gasteiger partial charge on any atom is -0.396 e. The van der Waals surface area contributed by atoms with Gasteiger partial charge in [-0.15, -0.1) is 0 Å². The summed E-state index contributed by atoms with van der Waals surface area (Å²) in [7, 11) is 0. The molecule has 0 atom stereocenters. The molecule has 0 aliphatic carbocycles. The van der Waals surface area contributed by atoms with Crippen molar-refractivity contribution in [2.45, 2.75) is 74.7 Å². The molecule has 0 heterocycles. The van der Waals surface area contributed by atoms with E-state index in [0.29, 0.717) is 24.2 Å². The van der Waals surface area contributed by atoms with Crippen LogP contribution in [0.1, 0.15) is 76.1 Å². The van der Waals surface area contributed by atoms with Gasteiger partial charge in [0.25, 0.3) is 0 Å². The molecule has 0 spiro atoms. The maximum Gasteiger partial charge on any atom is 0.219 e. The third-order valence-electron chi connectivity index (χ3n) is 2.89. The summed E-state index contributed by atoms with van der Waals surface area (Å²) < 4.78 is 0. The third-order valence-corrected chi connectivity index (χ3v) is 2.89. The molecule has 5 heteroatoms. The van der Waals surface area contributed by atoms with Crippen molar-refractivity contribution in [3.63, 3.8) is 0 Å². The first-order valence-electron chi connectivity index (χ1n) is 8.38. The van der Waals surface area contributed by atoms with Crippen molar-refractivity contribution in [2.75, 3.05) is 6.61 Å². The van der Waals surface area contributed by atoms with E-state index >= 15 is 0 Å². The summed E-state index contributed by atoms with van der Waals surface area (Å²) >= 11 is 0. The maximum absolute atomic E-state index is 11.0. The molecule has 139 valence electrons. The van der Waals surface area contributed by atoms with E-state index in [0.717, 1.165) is 19.3 Å². The minimum atomic E-state index is -0.241. The summed E-state index contributed by atoms with van der Waals surface area (Å²) in [6, 6.07) is 0. The molecule has 3 N–H and O–H groups in total. The molecule has 1 radical (unpaired) electrons. The van der Waals surface area contributed by atoms with Gasteiger partial charge in [-0.3, -0.25) is 9.59 Å². The maximum atomic E-state index is 11.0. The van der Waals surface area contributed by atoms with Crippen LogP contribution in [0.15, 0.2) is 0 Å². The summed E-state index contributed by atoms with van der Waals surface area (Å²) in [6.07, 6.45) is 2.73. The van der Waals surface area contributed by atoms with Gasteiger partial charge in [-0.25, -0.2) is 0 Å². The Morgan fingerprint density at radius 1 is 0.870 bits per heavy atom. The monoisotopic (exact) mass is 408 g/mol. The largest absolute Gasteiger partial charge is 0.396 e. The van der Waals surface area contributed by atoms with Gasteiger partial charge in [0.05, 0.1) is 0 Å². The van der Waals surface area contributed by atoms with Gasteiger partial charge in [0.2, 0.25) is 5.91 Å². The quantitative estimate of drug-likeness (QED) is 0.667. The van der Waals surface area contributed by atoms with E-state index in [1.165, 1.54) is 0 Å². The molecule has 0 rings (SSSR count). The van der Waals surface area contributed by atoms with Crippen LogP contribution < -0.4 is 5.73 Å². The number of primary amides is 1. The van der Waals surface area contributed by atoms with Crippen LogP contribution in [0.2, 0.25) is 0 Å². The summed E-state index contributed by atoms with van der Waals surface area (Å²) in [5.41, 5.74) is 4.80. The van der Waals surface area contributed by atoms with Gasteiger partial charge >= 0.3 is 0 Å². The number of aliphatic hydroxyl groups excluding tert-OH is 1. The summed E-state index contributed by atoms with van der Waals surface area (Å²) in [4.78, 5) is 21.0. The van der Waals surface area contributed by atoms with Gasteiger partial charge in [0.15, 0.2) is 0 Å². The van der Waals surface area contributed by atoms with Crippen molar-refractivity contribution in [1.29, 1.82) is 0 Å². The molecule has 0 aromatic heterocycles. The predicted octanol–water partition coefficient (Wildman–Crippen LogP) is 4.04. The van der Waals surface area contributed by atoms with E-state index in [1.54, 1.807) is 13.8 Å². The Bertz CT molecular complexity index is 283. The first-order chi connectivity index (χ1) is 9.95. The van der Waals surface area contributed by atoms with Crippen LogP contribution in [0.4, 0.5) is 0 Å². The molecule has 0 aliphatic heterocycles. The van der Waals surface area contributed by atoms with E-state index in [-0.39, 0.29) is 51.9 Å². The number of hydrogen-bond acceptors (Lipinski definition) is 3. The number of nitrogens with two attached hydrogens (primary N) is 1. The van der Waals surface area contributed by atoms with Crippen molar-refractivity contribution in [3.05, 3.63) is 0 Å². The van der Waals surface area contributed by atoms with Crippen molar-refractivity contribution in [1.82, 2.24) is 0 Å². The molecular formula is C18H41NO3Y. The molecule has 0 unspecified atom stereocenters. The molecule has 0 aliphatic rings. The SMILES string of the molecule is CC(C)C(N)=O.CC(C)CCC(=O)C(C)C.CC(C)CCO.[HH].[Y]. The van der Waals surface area contributed by atoms with Gasteiger partial charge < -0.3 is 10.8 Å². The number of carbonyl (C=O) groups excluding carboxylic acids is 2. The van der Waals surface area contributed by atoms with Crippen LogP contribution in [0.3, 0.4) is 0 Å². The summed E-state index contributed by atoms with van der Waals surface area (Å²) in [5, 5.41) is 8.24. The van der Waals surface area contributed by atoms with E-state index in [4.69, 9.17) is 10.8 Å². The first kappa shape index (κ1) is 31.0. The third kappa shape index (κ3) is 34.5. The molecule has 0 aromatic carbocycles. The molecule has 0 saturated carbocycles. The van der Waals surface area contributed by atoms with E-state index < -0.39 is 0 Å². The van der Waals surface area contributed by atoms with Gasteiger partial charge in [0, 0.05) is 59.0 Å². The number of ketones is 1. The second-order valence-corrected chi connectivity index (χ2v) is 7.02. The zero-order valence-electron chi connectivity index (χ0n) is 16.6. The number of Topliss-reactive ketones (excluding diaryl/α,β-unsaturated/α-hetero) is 1. The molecule has 4 nitrogen and oxygen atoms in total. The molecule has 23 heavy (non-hydrogen) atoms. The van der Waals surface area contributed by atoms with E-state index in [9.17, 15) is 9.59 Å². The van der Waals surface area contributed by atoms with Gasteiger partial charge in [-0.1, -0.05) is 55.4 Å². The Labute approximate surface area is 170 Å². The second-order valence-electron chi connectivity index (χ2n) is 7.02. The van der Waals surface area contributed by atoms with Crippen LogP contribution in [0.25, 0.3) is 0 Å². The Hall–Kier alpha value is 0.204. The number of rotatable bonds is 7. The topological polar surface area (TPSA) is 80.4 Å². The molecule has 0 saturated heterocycles. The van der Waals surface area contributed by atoms with Gasteiger partial charge in [-0.2, -0.15) is 0 Å². The molecule has 0 fully saturated rings. The number of aliphatic hydroxyl groups is 1. The van der Waals surface area contributed by atoms with Crippen molar-refractivity contribution >= 4 is 11.7 Å². The number of carbonyl (C=O) groups is 2. The normalized spacial score (nSPS) is 9.78. The molecule has 0 bridgehead atoms. The van der Waals surface area contributed by atoms with Crippen LogP contribution >= 0.6 is 0 Å². The number of amides is 1. The van der Waals surface area contributed by atoms with Crippen molar-refractivity contribution < 1.29 is 48.8 Å². The van der Waals surface area contributed by atoms with Crippen LogP contribution in [0, 0.1) is 23.7 Å². The Kier molecular flexibility index (Phi) is 27.3. The Morgan fingerprint density at radius 3 is 1.35 bits per heavy atom. The minimum absolute atomic E-state index is 0. The Morgan fingerprint density at radius 2 is 1.22 bits per heavy atom. The van der Waals surface area contributed by atoms with E-state index in [1.807, 2.05) is 13.8 Å². The fourth-order valence-corrected chi connectivity index (χ4v) is 0.978. The van der Waals surface area contributed by atoms with Gasteiger partial charge in [0.1, 0.15) is 5.78 Å². The average Bonchev–Trinajstić information content (AvgIpc) is 2.36. The van der Waals surface area contributed by atoms with Gasteiger partial charge in [-0.05, 0) is 24.7 Å². The predicted molar refractivity (Wildman–Crippen MR) is 96.6 cm³/mol. The first-order valence-corrected chi connectivity index (χ1v) is 8.38. The zero-order chi connectivity index (χ0) is 18.3.